The third-order valence-corrected chi connectivity index (χ3v) is 7.95. The number of fused-ring (bicyclic) bond motifs is 1. The van der Waals surface area contributed by atoms with Gasteiger partial charge < -0.3 is 10.3 Å². The highest BCUT2D eigenvalue weighted by Crippen LogP contribution is 2.34. The maximum Gasteiger partial charge on any atom is 0.261 e. The van der Waals surface area contributed by atoms with Gasteiger partial charge in [-0.3, -0.25) is 10.2 Å². The average Bonchev–Trinajstić information content (AvgIpc) is 3.44. The maximum absolute atomic E-state index is 12.5. The molecule has 1 aliphatic carbocycles. The van der Waals surface area contributed by atoms with E-state index in [2.05, 4.69) is 31.3 Å². The minimum absolute atomic E-state index is 0.151. The van der Waals surface area contributed by atoms with E-state index in [1.807, 2.05) is 0 Å². The van der Waals surface area contributed by atoms with E-state index in [0.29, 0.717) is 45.8 Å². The highest BCUT2D eigenvalue weighted by atomic mass is 79.9. The van der Waals surface area contributed by atoms with Crippen LogP contribution in [0.2, 0.25) is 0 Å². The van der Waals surface area contributed by atoms with Crippen molar-refractivity contribution in [3.8, 4) is 0 Å². The Balaban J connectivity index is 1.52. The standard InChI is InChI=1S/C19H19BrN6O3S/c20-14-10-22-19(27)15-16(14)26(17(21)11-2-3-11)24-18(15)23-12-4-6-13(7-5-12)30(28,29)25-8-1-9-25/h4-7,10-11,21H,1-3,8-9H2,(H,22,27)(H,23,24). The van der Waals surface area contributed by atoms with Gasteiger partial charge in [-0.15, -0.1) is 5.10 Å². The number of rotatable bonds is 5. The average molecular weight is 491 g/mol. The van der Waals surface area contributed by atoms with Gasteiger partial charge in [-0.2, -0.15) is 4.31 Å². The summed E-state index contributed by atoms with van der Waals surface area (Å²) in [7, 11) is -3.45. The Labute approximate surface area is 180 Å². The Morgan fingerprint density at radius 1 is 1.23 bits per heavy atom. The van der Waals surface area contributed by atoms with Crippen molar-refractivity contribution in [1.82, 2.24) is 19.1 Å². The van der Waals surface area contributed by atoms with Crippen molar-refractivity contribution in [2.45, 2.75) is 24.2 Å². The molecular weight excluding hydrogens is 472 g/mol. The first-order valence-corrected chi connectivity index (χ1v) is 11.9. The van der Waals surface area contributed by atoms with Gasteiger partial charge in [0.05, 0.1) is 14.9 Å². The van der Waals surface area contributed by atoms with Crippen LogP contribution < -0.4 is 10.9 Å². The van der Waals surface area contributed by atoms with Crippen molar-refractivity contribution in [2.24, 2.45) is 5.92 Å². The number of sulfonamides is 1. The van der Waals surface area contributed by atoms with Gasteiger partial charge in [-0.05, 0) is 59.5 Å². The molecule has 11 heteroatoms. The molecule has 3 heterocycles. The Kier molecular flexibility index (Phi) is 4.56. The predicted octanol–water partition coefficient (Wildman–Crippen LogP) is 2.86. The molecule has 1 saturated carbocycles. The number of halogens is 1. The smallest absolute Gasteiger partial charge is 0.261 e. The molecule has 1 aliphatic heterocycles. The Morgan fingerprint density at radius 2 is 1.93 bits per heavy atom. The van der Waals surface area contributed by atoms with Crippen LogP contribution in [0.5, 0.6) is 0 Å². The van der Waals surface area contributed by atoms with Gasteiger partial charge in [0.1, 0.15) is 11.2 Å². The van der Waals surface area contributed by atoms with Crippen LogP contribution in [0, 0.1) is 11.3 Å². The molecule has 0 atom stereocenters. The summed E-state index contributed by atoms with van der Waals surface area (Å²) in [6.45, 7) is 1.10. The molecule has 0 radical (unpaired) electrons. The first-order valence-electron chi connectivity index (χ1n) is 9.62. The predicted molar refractivity (Wildman–Crippen MR) is 117 cm³/mol. The number of hydrogen-bond acceptors (Lipinski definition) is 6. The van der Waals surface area contributed by atoms with E-state index < -0.39 is 10.0 Å². The number of aromatic nitrogens is 3. The van der Waals surface area contributed by atoms with E-state index in [1.165, 1.54) is 8.99 Å². The quantitative estimate of drug-likeness (QED) is 0.374. The minimum atomic E-state index is -3.45. The monoisotopic (exact) mass is 490 g/mol. The zero-order chi connectivity index (χ0) is 21.0. The molecule has 0 spiro atoms. The van der Waals surface area contributed by atoms with Gasteiger partial charge in [0.25, 0.3) is 5.56 Å². The summed E-state index contributed by atoms with van der Waals surface area (Å²) in [6, 6.07) is 6.38. The number of aromatic amines is 1. The summed E-state index contributed by atoms with van der Waals surface area (Å²) >= 11 is 3.45. The minimum Gasteiger partial charge on any atom is -0.338 e. The Bertz CT molecular complexity index is 1320. The van der Waals surface area contributed by atoms with Crippen LogP contribution in [0.1, 0.15) is 19.3 Å². The molecule has 0 bridgehead atoms. The van der Waals surface area contributed by atoms with Crippen LogP contribution in [-0.4, -0.2) is 46.4 Å². The van der Waals surface area contributed by atoms with Gasteiger partial charge in [-0.25, -0.2) is 13.1 Å². The number of H-pyrrole nitrogens is 1. The van der Waals surface area contributed by atoms with Gasteiger partial charge in [-0.1, -0.05) is 0 Å². The number of benzene rings is 1. The van der Waals surface area contributed by atoms with E-state index in [9.17, 15) is 13.2 Å². The fourth-order valence-electron chi connectivity index (χ4n) is 3.44. The second-order valence-corrected chi connectivity index (χ2v) is 10.3. The third-order valence-electron chi connectivity index (χ3n) is 5.43. The topological polar surface area (TPSA) is 124 Å². The summed E-state index contributed by atoms with van der Waals surface area (Å²) in [4.78, 5) is 15.4. The lowest BCUT2D eigenvalue weighted by molar-refractivity contribution is 0.309. The molecule has 1 saturated heterocycles. The third kappa shape index (κ3) is 3.17. The van der Waals surface area contributed by atoms with Crippen LogP contribution in [0.4, 0.5) is 11.5 Å². The number of anilines is 2. The van der Waals surface area contributed by atoms with Crippen molar-refractivity contribution in [1.29, 1.82) is 5.41 Å². The Hall–Kier alpha value is -2.50. The normalized spacial score (nSPS) is 17.1. The van der Waals surface area contributed by atoms with E-state index in [0.717, 1.165) is 19.3 Å². The summed E-state index contributed by atoms with van der Waals surface area (Å²) < 4.78 is 28.6. The van der Waals surface area contributed by atoms with E-state index in [-0.39, 0.29) is 16.4 Å². The van der Waals surface area contributed by atoms with Crippen LogP contribution in [0.3, 0.4) is 0 Å². The number of hydrogen-bond donors (Lipinski definition) is 3. The van der Waals surface area contributed by atoms with Gasteiger partial charge >= 0.3 is 0 Å². The van der Waals surface area contributed by atoms with Crippen LogP contribution in [0.25, 0.3) is 10.9 Å². The molecule has 0 amide bonds. The molecule has 0 unspecified atom stereocenters. The maximum atomic E-state index is 12.5. The van der Waals surface area contributed by atoms with Gasteiger partial charge in [0, 0.05) is 30.9 Å². The van der Waals surface area contributed by atoms with Crippen molar-refractivity contribution in [3.63, 3.8) is 0 Å². The van der Waals surface area contributed by atoms with Crippen LogP contribution >= 0.6 is 15.9 Å². The highest BCUT2D eigenvalue weighted by molar-refractivity contribution is 9.10. The lowest BCUT2D eigenvalue weighted by Crippen LogP contribution is -2.41. The molecule has 3 aromatic rings. The van der Waals surface area contributed by atoms with E-state index in [1.54, 1.807) is 30.5 Å². The molecule has 30 heavy (non-hydrogen) atoms. The molecule has 1 aromatic carbocycles. The molecule has 9 nitrogen and oxygen atoms in total. The zero-order valence-electron chi connectivity index (χ0n) is 15.9. The summed E-state index contributed by atoms with van der Waals surface area (Å²) in [6.07, 6.45) is 4.31. The van der Waals surface area contributed by atoms with Crippen LogP contribution in [-0.2, 0) is 10.0 Å². The lowest BCUT2D eigenvalue weighted by atomic mass is 10.2. The molecular formula is C19H19BrN6O3S. The molecule has 156 valence electrons. The summed E-state index contributed by atoms with van der Waals surface area (Å²) in [5.74, 6) is 0.824. The summed E-state index contributed by atoms with van der Waals surface area (Å²) in [5, 5.41) is 16.4. The van der Waals surface area contributed by atoms with Gasteiger partial charge in [0.2, 0.25) is 10.0 Å². The fraction of sp³-hybridized carbons (Fsp3) is 0.316. The molecule has 3 N–H and O–H groups in total. The largest absolute Gasteiger partial charge is 0.338 e. The number of nitrogens with one attached hydrogen (secondary N) is 3. The van der Waals surface area contributed by atoms with Crippen LogP contribution in [0.15, 0.2) is 44.6 Å². The van der Waals surface area contributed by atoms with Crippen molar-refractivity contribution < 1.29 is 8.42 Å². The zero-order valence-corrected chi connectivity index (χ0v) is 18.3. The highest BCUT2D eigenvalue weighted by Gasteiger charge is 2.31. The first kappa shape index (κ1) is 19.5. The second kappa shape index (κ2) is 7.03. The SMILES string of the molecule is N=C(C1CC1)n1nc(Nc2ccc(S(=O)(=O)N3CCC3)cc2)c2c(=O)[nH]cc(Br)c21. The molecule has 2 fully saturated rings. The molecule has 2 aliphatic rings. The fourth-order valence-corrected chi connectivity index (χ4v) is 5.44. The van der Waals surface area contributed by atoms with E-state index >= 15 is 0 Å². The van der Waals surface area contributed by atoms with Crippen molar-refractivity contribution in [3.05, 3.63) is 45.3 Å². The van der Waals surface area contributed by atoms with E-state index in [4.69, 9.17) is 5.41 Å². The van der Waals surface area contributed by atoms with Gasteiger partial charge in [0.15, 0.2) is 5.82 Å². The molecule has 2 aromatic heterocycles. The number of pyridine rings is 1. The van der Waals surface area contributed by atoms with Crippen molar-refractivity contribution in [2.75, 3.05) is 18.4 Å². The molecule has 5 rings (SSSR count). The summed E-state index contributed by atoms with van der Waals surface area (Å²) in [5.41, 5.74) is 0.819. The first-order chi connectivity index (χ1) is 14.4. The second-order valence-electron chi connectivity index (χ2n) is 7.52. The lowest BCUT2D eigenvalue weighted by Gasteiger charge is -2.29. The number of nitrogens with zero attached hydrogens (tertiary/aromatic N) is 3. The Morgan fingerprint density at radius 3 is 2.53 bits per heavy atom. The van der Waals surface area contributed by atoms with Crippen molar-refractivity contribution >= 4 is 54.2 Å².